The molecule has 1 N–H and O–H groups in total. The number of nitrogens with zero attached hydrogens (tertiary/aromatic N) is 2. The van der Waals surface area contributed by atoms with Crippen LogP contribution in [0.5, 0.6) is 0 Å². The van der Waals surface area contributed by atoms with Gasteiger partial charge in [0.15, 0.2) is 16.6 Å². The van der Waals surface area contributed by atoms with Gasteiger partial charge < -0.3 is 4.42 Å². The number of oxazole rings is 1. The number of anilines is 1. The van der Waals surface area contributed by atoms with Gasteiger partial charge in [-0.15, -0.1) is 11.3 Å². The Kier molecular flexibility index (Phi) is 4.89. The highest BCUT2D eigenvalue weighted by atomic mass is 32.1. The molecule has 0 fully saturated rings. The molecule has 140 valence electrons. The van der Waals surface area contributed by atoms with Crippen LogP contribution in [0.25, 0.3) is 22.0 Å². The van der Waals surface area contributed by atoms with Gasteiger partial charge in [-0.05, 0) is 18.4 Å². The van der Waals surface area contributed by atoms with E-state index in [9.17, 15) is 9.59 Å². The van der Waals surface area contributed by atoms with Crippen LogP contribution < -0.4 is 5.32 Å². The Morgan fingerprint density at radius 1 is 1.07 bits per heavy atom. The van der Waals surface area contributed by atoms with Crippen molar-refractivity contribution in [1.82, 2.24) is 9.97 Å². The zero-order valence-corrected chi connectivity index (χ0v) is 16.7. The predicted molar refractivity (Wildman–Crippen MR) is 110 cm³/mol. The summed E-state index contributed by atoms with van der Waals surface area (Å²) in [5.74, 6) is 0.306. The largest absolute Gasteiger partial charge is 0.440 e. The maximum absolute atomic E-state index is 12.7. The van der Waals surface area contributed by atoms with Crippen LogP contribution in [0, 0.1) is 6.92 Å². The van der Waals surface area contributed by atoms with Crippen molar-refractivity contribution in [3.63, 3.8) is 0 Å². The van der Waals surface area contributed by atoms with Crippen molar-refractivity contribution >= 4 is 39.5 Å². The number of nitrogens with one attached hydrogen (secondary N) is 1. The molecule has 8 heteroatoms. The summed E-state index contributed by atoms with van der Waals surface area (Å²) in [6.45, 7) is 3.18. The van der Waals surface area contributed by atoms with E-state index >= 15 is 0 Å². The van der Waals surface area contributed by atoms with Gasteiger partial charge >= 0.3 is 0 Å². The van der Waals surface area contributed by atoms with Crippen molar-refractivity contribution in [2.75, 3.05) is 5.32 Å². The lowest BCUT2D eigenvalue weighted by Gasteiger charge is -1.99. The lowest BCUT2D eigenvalue weighted by Crippen LogP contribution is -2.13. The summed E-state index contributed by atoms with van der Waals surface area (Å²) < 4.78 is 5.62. The average molecular weight is 409 g/mol. The summed E-state index contributed by atoms with van der Waals surface area (Å²) in [6, 6.07) is 13.2. The van der Waals surface area contributed by atoms with Gasteiger partial charge in [-0.3, -0.25) is 14.9 Å². The summed E-state index contributed by atoms with van der Waals surface area (Å²) in [4.78, 5) is 34.8. The molecule has 0 saturated heterocycles. The van der Waals surface area contributed by atoms with Crippen LogP contribution in [0.1, 0.15) is 32.8 Å². The van der Waals surface area contributed by atoms with E-state index in [4.69, 9.17) is 4.42 Å². The SMILES string of the molecule is CC(=O)c1sc(NC(=O)c2nc(-c3cccs3)oc2C)nc1-c1ccccc1. The molecule has 28 heavy (non-hydrogen) atoms. The van der Waals surface area contributed by atoms with Crippen molar-refractivity contribution in [2.45, 2.75) is 13.8 Å². The number of carbonyl (C=O) groups is 2. The molecule has 0 bridgehead atoms. The minimum Gasteiger partial charge on any atom is -0.440 e. The first-order chi connectivity index (χ1) is 13.5. The summed E-state index contributed by atoms with van der Waals surface area (Å²) in [5, 5.41) is 5.00. The third-order valence-corrected chi connectivity index (χ3v) is 5.89. The van der Waals surface area contributed by atoms with Crippen LogP contribution in [-0.4, -0.2) is 21.7 Å². The van der Waals surface area contributed by atoms with E-state index in [-0.39, 0.29) is 11.5 Å². The Morgan fingerprint density at radius 3 is 2.54 bits per heavy atom. The molecule has 0 saturated carbocycles. The first kappa shape index (κ1) is 18.3. The smallest absolute Gasteiger partial charge is 0.279 e. The molecule has 3 aromatic heterocycles. The maximum atomic E-state index is 12.7. The predicted octanol–water partition coefficient (Wildman–Crippen LogP) is 5.29. The minimum atomic E-state index is -0.424. The number of Topliss-reactive ketones (excluding diaryl/α,β-unsaturated/α-hetero) is 1. The Bertz CT molecular complexity index is 1150. The van der Waals surface area contributed by atoms with Gasteiger partial charge in [0, 0.05) is 12.5 Å². The van der Waals surface area contributed by atoms with Crippen LogP contribution in [0.2, 0.25) is 0 Å². The molecule has 0 radical (unpaired) electrons. The van der Waals surface area contributed by atoms with E-state index < -0.39 is 5.91 Å². The lowest BCUT2D eigenvalue weighted by molar-refractivity contribution is 0.101. The second-order valence-electron chi connectivity index (χ2n) is 5.97. The fourth-order valence-corrected chi connectivity index (χ4v) is 4.20. The Hall–Kier alpha value is -3.10. The zero-order chi connectivity index (χ0) is 19.7. The molecule has 0 aliphatic carbocycles. The molecule has 4 rings (SSSR count). The van der Waals surface area contributed by atoms with E-state index in [1.54, 1.807) is 6.92 Å². The van der Waals surface area contributed by atoms with Crippen molar-refractivity contribution in [2.24, 2.45) is 0 Å². The lowest BCUT2D eigenvalue weighted by atomic mass is 10.1. The molecule has 0 aliphatic rings. The molecule has 0 spiro atoms. The van der Waals surface area contributed by atoms with Gasteiger partial charge in [-0.2, -0.15) is 0 Å². The van der Waals surface area contributed by atoms with Gasteiger partial charge in [0.05, 0.1) is 15.4 Å². The molecule has 0 unspecified atom stereocenters. The normalized spacial score (nSPS) is 10.8. The van der Waals surface area contributed by atoms with Crippen LogP contribution in [0.3, 0.4) is 0 Å². The number of hydrogen-bond acceptors (Lipinski definition) is 7. The maximum Gasteiger partial charge on any atom is 0.279 e. The van der Waals surface area contributed by atoms with E-state index in [2.05, 4.69) is 15.3 Å². The number of hydrogen-bond donors (Lipinski definition) is 1. The fraction of sp³-hybridized carbons (Fsp3) is 0.100. The highest BCUT2D eigenvalue weighted by Gasteiger charge is 2.22. The molecule has 0 atom stereocenters. The van der Waals surface area contributed by atoms with Crippen LogP contribution in [-0.2, 0) is 0 Å². The first-order valence-electron chi connectivity index (χ1n) is 8.43. The number of carbonyl (C=O) groups excluding carboxylic acids is 2. The second-order valence-corrected chi connectivity index (χ2v) is 7.92. The van der Waals surface area contributed by atoms with E-state index in [1.165, 1.54) is 18.3 Å². The molecule has 1 aromatic carbocycles. The molecule has 4 aromatic rings. The molecule has 3 heterocycles. The van der Waals surface area contributed by atoms with Crippen molar-refractivity contribution in [1.29, 1.82) is 0 Å². The average Bonchev–Trinajstić information content (AvgIpc) is 3.41. The van der Waals surface area contributed by atoms with Gasteiger partial charge in [-0.1, -0.05) is 47.7 Å². The van der Waals surface area contributed by atoms with Gasteiger partial charge in [0.2, 0.25) is 5.89 Å². The van der Waals surface area contributed by atoms with E-state index in [0.29, 0.717) is 27.4 Å². The summed E-state index contributed by atoms with van der Waals surface area (Å²) in [6.07, 6.45) is 0. The Labute approximate surface area is 168 Å². The van der Waals surface area contributed by atoms with E-state index in [1.807, 2.05) is 47.8 Å². The summed E-state index contributed by atoms with van der Waals surface area (Å²) in [7, 11) is 0. The summed E-state index contributed by atoms with van der Waals surface area (Å²) >= 11 is 2.63. The Morgan fingerprint density at radius 2 is 1.86 bits per heavy atom. The number of thiazole rings is 1. The number of amides is 1. The first-order valence-corrected chi connectivity index (χ1v) is 10.1. The number of ketones is 1. The topological polar surface area (TPSA) is 85.1 Å². The number of rotatable bonds is 5. The van der Waals surface area contributed by atoms with E-state index in [0.717, 1.165) is 21.8 Å². The molecular weight excluding hydrogens is 394 g/mol. The fourth-order valence-electron chi connectivity index (χ4n) is 2.67. The Balaban J connectivity index is 1.63. The van der Waals surface area contributed by atoms with Gasteiger partial charge in [-0.25, -0.2) is 9.97 Å². The quantitative estimate of drug-likeness (QED) is 0.453. The molecular formula is C20H15N3O3S2. The van der Waals surface area contributed by atoms with Gasteiger partial charge in [0.25, 0.3) is 5.91 Å². The monoisotopic (exact) mass is 409 g/mol. The highest BCUT2D eigenvalue weighted by molar-refractivity contribution is 7.18. The molecule has 0 aliphatic heterocycles. The third-order valence-electron chi connectivity index (χ3n) is 3.96. The van der Waals surface area contributed by atoms with Crippen LogP contribution >= 0.6 is 22.7 Å². The highest BCUT2D eigenvalue weighted by Crippen LogP contribution is 2.32. The standard InChI is InChI=1S/C20H15N3O3S2/c1-11(24)17-16(13-7-4-3-5-8-13)22-20(28-17)23-18(25)15-12(2)26-19(21-15)14-9-6-10-27-14/h3-10H,1-2H3,(H,22,23,25). The number of thiophene rings is 1. The number of aromatic nitrogens is 2. The number of aryl methyl sites for hydroxylation is 1. The third kappa shape index (κ3) is 3.51. The van der Waals surface area contributed by atoms with Crippen LogP contribution in [0.15, 0.2) is 52.3 Å². The summed E-state index contributed by atoms with van der Waals surface area (Å²) in [5.41, 5.74) is 1.58. The van der Waals surface area contributed by atoms with Crippen LogP contribution in [0.4, 0.5) is 5.13 Å². The number of benzene rings is 1. The zero-order valence-electron chi connectivity index (χ0n) is 15.1. The molecule has 1 amide bonds. The van der Waals surface area contributed by atoms with Gasteiger partial charge in [0.1, 0.15) is 5.76 Å². The molecule has 6 nitrogen and oxygen atoms in total. The second kappa shape index (κ2) is 7.49. The minimum absolute atomic E-state index is 0.102. The van der Waals surface area contributed by atoms with Crippen molar-refractivity contribution in [3.8, 4) is 22.0 Å². The van der Waals surface area contributed by atoms with Crippen molar-refractivity contribution in [3.05, 3.63) is 64.2 Å². The van der Waals surface area contributed by atoms with Crippen molar-refractivity contribution < 1.29 is 14.0 Å².